The molecule has 0 aliphatic rings. The zero-order valence-corrected chi connectivity index (χ0v) is 11.8. The summed E-state index contributed by atoms with van der Waals surface area (Å²) in [6.07, 6.45) is 1.01. The molecule has 0 aliphatic carbocycles. The third-order valence-corrected chi connectivity index (χ3v) is 4.16. The summed E-state index contributed by atoms with van der Waals surface area (Å²) < 4.78 is 26.3. The number of hydrogen-bond acceptors (Lipinski definition) is 5. The molecule has 110 valence electrons. The monoisotopic (exact) mass is 329 g/mol. The van der Waals surface area contributed by atoms with Crippen LogP contribution in [-0.2, 0) is 10.0 Å². The summed E-state index contributed by atoms with van der Waals surface area (Å²) in [5, 5.41) is 10.7. The highest BCUT2D eigenvalue weighted by Gasteiger charge is 2.18. The number of halogens is 1. The summed E-state index contributed by atoms with van der Waals surface area (Å²) in [5.41, 5.74) is -0.891. The Morgan fingerprint density at radius 1 is 1.24 bits per heavy atom. The van der Waals surface area contributed by atoms with Crippen molar-refractivity contribution >= 4 is 33.0 Å². The predicted octanol–water partition coefficient (Wildman–Crippen LogP) is 1.74. The van der Waals surface area contributed by atoms with Crippen LogP contribution in [-0.4, -0.2) is 18.3 Å². The molecule has 0 atom stereocenters. The second kappa shape index (κ2) is 5.54. The van der Waals surface area contributed by atoms with Crippen LogP contribution in [0.3, 0.4) is 0 Å². The average Bonchev–Trinajstić information content (AvgIpc) is 2.41. The van der Waals surface area contributed by atoms with Crippen molar-refractivity contribution in [3.8, 4) is 0 Å². The average molecular weight is 330 g/mol. The van der Waals surface area contributed by atoms with Gasteiger partial charge in [-0.1, -0.05) is 11.6 Å². The molecule has 1 heterocycles. The zero-order chi connectivity index (χ0) is 15.6. The zero-order valence-electron chi connectivity index (χ0n) is 10.2. The molecule has 1 aromatic carbocycles. The van der Waals surface area contributed by atoms with Gasteiger partial charge in [0.2, 0.25) is 5.56 Å². The molecule has 0 unspecified atom stereocenters. The number of pyridine rings is 1. The van der Waals surface area contributed by atoms with Crippen LogP contribution in [0.5, 0.6) is 0 Å². The number of rotatable bonds is 4. The molecule has 0 bridgehead atoms. The minimum atomic E-state index is -4.02. The standard InChI is InChI=1S/C11H8ClN3O5S/c12-9-3-1-7(15(17)18)5-10(9)14-21(19,20)8-2-4-11(16)13-6-8/h1-6,14H,(H,13,16). The first kappa shape index (κ1) is 15.0. The van der Waals surface area contributed by atoms with E-state index in [-0.39, 0.29) is 21.3 Å². The molecule has 2 aromatic rings. The topological polar surface area (TPSA) is 122 Å². The Balaban J connectivity index is 2.41. The van der Waals surface area contributed by atoms with Gasteiger partial charge in [-0.3, -0.25) is 19.6 Å². The van der Waals surface area contributed by atoms with E-state index in [0.29, 0.717) is 0 Å². The minimum absolute atomic E-state index is 0.00796. The lowest BCUT2D eigenvalue weighted by atomic mass is 10.3. The van der Waals surface area contributed by atoms with Gasteiger partial charge in [0.05, 0.1) is 15.6 Å². The van der Waals surface area contributed by atoms with Crippen LogP contribution in [0, 0.1) is 10.1 Å². The molecule has 0 aliphatic heterocycles. The fraction of sp³-hybridized carbons (Fsp3) is 0. The van der Waals surface area contributed by atoms with E-state index < -0.39 is 20.5 Å². The van der Waals surface area contributed by atoms with E-state index in [9.17, 15) is 23.3 Å². The van der Waals surface area contributed by atoms with E-state index in [1.54, 1.807) is 0 Å². The van der Waals surface area contributed by atoms with Crippen LogP contribution >= 0.6 is 11.6 Å². The van der Waals surface area contributed by atoms with Crippen LogP contribution in [0.2, 0.25) is 5.02 Å². The molecule has 0 radical (unpaired) electrons. The molecule has 0 amide bonds. The highest BCUT2D eigenvalue weighted by Crippen LogP contribution is 2.28. The summed E-state index contributed by atoms with van der Waals surface area (Å²) in [4.78, 5) is 22.9. The lowest BCUT2D eigenvalue weighted by Gasteiger charge is -2.09. The van der Waals surface area contributed by atoms with E-state index in [0.717, 1.165) is 30.5 Å². The first-order chi connectivity index (χ1) is 9.79. The maximum Gasteiger partial charge on any atom is 0.271 e. The SMILES string of the molecule is O=c1ccc(S(=O)(=O)Nc2cc([N+](=O)[O-])ccc2Cl)c[nH]1. The number of hydrogen-bond donors (Lipinski definition) is 2. The molecule has 0 fully saturated rings. The number of benzene rings is 1. The Labute approximate surface area is 123 Å². The largest absolute Gasteiger partial charge is 0.328 e. The van der Waals surface area contributed by atoms with Gasteiger partial charge in [-0.2, -0.15) is 0 Å². The molecule has 21 heavy (non-hydrogen) atoms. The Morgan fingerprint density at radius 3 is 2.52 bits per heavy atom. The number of sulfonamides is 1. The molecule has 2 N–H and O–H groups in total. The van der Waals surface area contributed by atoms with Crippen LogP contribution in [0.1, 0.15) is 0 Å². The lowest BCUT2D eigenvalue weighted by Crippen LogP contribution is -2.15. The summed E-state index contributed by atoms with van der Waals surface area (Å²) >= 11 is 5.81. The van der Waals surface area contributed by atoms with Crippen molar-refractivity contribution in [2.45, 2.75) is 4.90 Å². The van der Waals surface area contributed by atoms with E-state index >= 15 is 0 Å². The Bertz CT molecular complexity index is 842. The fourth-order valence-electron chi connectivity index (χ4n) is 1.47. The van der Waals surface area contributed by atoms with Crippen LogP contribution < -0.4 is 10.3 Å². The maximum absolute atomic E-state index is 12.1. The Morgan fingerprint density at radius 2 is 1.95 bits per heavy atom. The van der Waals surface area contributed by atoms with Gasteiger partial charge in [-0.15, -0.1) is 0 Å². The van der Waals surface area contributed by atoms with Crippen molar-refractivity contribution in [1.82, 2.24) is 4.98 Å². The number of H-pyrrole nitrogens is 1. The van der Waals surface area contributed by atoms with Gasteiger partial charge >= 0.3 is 0 Å². The molecule has 10 heteroatoms. The highest BCUT2D eigenvalue weighted by atomic mass is 35.5. The van der Waals surface area contributed by atoms with Gasteiger partial charge in [-0.05, 0) is 12.1 Å². The molecule has 0 saturated heterocycles. The third-order valence-electron chi connectivity index (χ3n) is 2.47. The summed E-state index contributed by atoms with van der Waals surface area (Å²) in [7, 11) is -4.02. The van der Waals surface area contributed by atoms with E-state index in [2.05, 4.69) is 9.71 Å². The number of nitro benzene ring substituents is 1. The number of nitrogens with zero attached hydrogens (tertiary/aromatic N) is 1. The lowest BCUT2D eigenvalue weighted by molar-refractivity contribution is -0.384. The molecule has 2 rings (SSSR count). The van der Waals surface area contributed by atoms with Crippen molar-refractivity contribution in [2.24, 2.45) is 0 Å². The van der Waals surface area contributed by atoms with Crippen LogP contribution in [0.15, 0.2) is 46.2 Å². The quantitative estimate of drug-likeness (QED) is 0.653. The van der Waals surface area contributed by atoms with Crippen LogP contribution in [0.25, 0.3) is 0 Å². The number of aromatic nitrogens is 1. The third kappa shape index (κ3) is 3.38. The molecule has 8 nitrogen and oxygen atoms in total. The van der Waals surface area contributed by atoms with E-state index in [4.69, 9.17) is 11.6 Å². The molecule has 0 saturated carbocycles. The van der Waals surface area contributed by atoms with Crippen LogP contribution in [0.4, 0.5) is 11.4 Å². The van der Waals surface area contributed by atoms with Crippen molar-refractivity contribution in [1.29, 1.82) is 0 Å². The number of non-ortho nitro benzene ring substituents is 1. The summed E-state index contributed by atoms with van der Waals surface area (Å²) in [6.45, 7) is 0. The first-order valence-electron chi connectivity index (χ1n) is 5.45. The van der Waals surface area contributed by atoms with Gasteiger partial charge < -0.3 is 4.98 Å². The molecular formula is C11H8ClN3O5S. The molecule has 0 spiro atoms. The smallest absolute Gasteiger partial charge is 0.271 e. The number of nitro groups is 1. The number of aromatic amines is 1. The Hall–Kier alpha value is -2.39. The molecule has 1 aromatic heterocycles. The molecular weight excluding hydrogens is 322 g/mol. The number of nitrogens with one attached hydrogen (secondary N) is 2. The normalized spacial score (nSPS) is 11.1. The highest BCUT2D eigenvalue weighted by molar-refractivity contribution is 7.92. The van der Waals surface area contributed by atoms with Gasteiger partial charge in [0, 0.05) is 24.4 Å². The van der Waals surface area contributed by atoms with Gasteiger partial charge in [0.25, 0.3) is 15.7 Å². The first-order valence-corrected chi connectivity index (χ1v) is 7.31. The maximum atomic E-state index is 12.1. The fourth-order valence-corrected chi connectivity index (χ4v) is 2.73. The van der Waals surface area contributed by atoms with E-state index in [1.165, 1.54) is 6.07 Å². The van der Waals surface area contributed by atoms with Crippen molar-refractivity contribution in [3.63, 3.8) is 0 Å². The summed E-state index contributed by atoms with van der Waals surface area (Å²) in [6, 6.07) is 5.52. The van der Waals surface area contributed by atoms with E-state index in [1.807, 2.05) is 0 Å². The number of anilines is 1. The van der Waals surface area contributed by atoms with Gasteiger partial charge in [0.15, 0.2) is 0 Å². The second-order valence-electron chi connectivity index (χ2n) is 3.92. The van der Waals surface area contributed by atoms with Crippen molar-refractivity contribution < 1.29 is 13.3 Å². The Kier molecular flexibility index (Phi) is 3.96. The second-order valence-corrected chi connectivity index (χ2v) is 6.00. The summed E-state index contributed by atoms with van der Waals surface area (Å²) in [5.74, 6) is 0. The van der Waals surface area contributed by atoms with Gasteiger partial charge in [0.1, 0.15) is 4.90 Å². The predicted molar refractivity (Wildman–Crippen MR) is 76.0 cm³/mol. The van der Waals surface area contributed by atoms with Crippen molar-refractivity contribution in [3.05, 3.63) is 62.0 Å². The minimum Gasteiger partial charge on any atom is -0.328 e. The van der Waals surface area contributed by atoms with Crippen molar-refractivity contribution in [2.75, 3.05) is 4.72 Å². The van der Waals surface area contributed by atoms with Gasteiger partial charge in [-0.25, -0.2) is 8.42 Å².